The van der Waals surface area contributed by atoms with Gasteiger partial charge in [-0.05, 0) is 51.0 Å². The van der Waals surface area contributed by atoms with Crippen LogP contribution in [0.3, 0.4) is 0 Å². The van der Waals surface area contributed by atoms with E-state index in [0.717, 1.165) is 12.8 Å². The molecule has 1 heterocycles. The van der Waals surface area contributed by atoms with Crippen LogP contribution in [0.15, 0.2) is 29.2 Å². The van der Waals surface area contributed by atoms with Crippen LogP contribution in [0.5, 0.6) is 0 Å². The number of nitrogens with one attached hydrogen (secondary N) is 1. The molecule has 1 aliphatic rings. The van der Waals surface area contributed by atoms with Crippen molar-refractivity contribution in [2.24, 2.45) is 0 Å². The zero-order chi connectivity index (χ0) is 18.4. The molecule has 0 atom stereocenters. The molecule has 138 valence electrons. The molecule has 2 rings (SSSR count). The number of benzene rings is 1. The molecule has 1 aromatic rings. The van der Waals surface area contributed by atoms with Gasteiger partial charge in [-0.3, -0.25) is 9.59 Å². The van der Waals surface area contributed by atoms with E-state index in [-0.39, 0.29) is 17.3 Å². The third-order valence-corrected chi connectivity index (χ3v) is 6.25. The minimum Gasteiger partial charge on any atom is -0.343 e. The lowest BCUT2D eigenvalue weighted by molar-refractivity contribution is -0.129. The summed E-state index contributed by atoms with van der Waals surface area (Å²) in [5, 5.41) is 2.57. The Balaban J connectivity index is 1.99. The Morgan fingerprint density at radius 2 is 1.64 bits per heavy atom. The summed E-state index contributed by atoms with van der Waals surface area (Å²) < 4.78 is 26.4. The van der Waals surface area contributed by atoms with Gasteiger partial charge in [-0.15, -0.1) is 0 Å². The molecule has 8 heteroatoms. The van der Waals surface area contributed by atoms with E-state index in [1.54, 1.807) is 4.90 Å². The van der Waals surface area contributed by atoms with Crippen LogP contribution in [0, 0.1) is 0 Å². The van der Waals surface area contributed by atoms with E-state index in [1.165, 1.54) is 28.6 Å². The van der Waals surface area contributed by atoms with Crippen molar-refractivity contribution in [2.75, 3.05) is 32.7 Å². The molecule has 7 nitrogen and oxygen atoms in total. The minimum atomic E-state index is -3.48. The highest BCUT2D eigenvalue weighted by molar-refractivity contribution is 7.89. The zero-order valence-corrected chi connectivity index (χ0v) is 15.5. The Morgan fingerprint density at radius 1 is 1.08 bits per heavy atom. The quantitative estimate of drug-likeness (QED) is 0.781. The molecule has 0 aromatic heterocycles. The second-order valence-electron chi connectivity index (χ2n) is 5.88. The molecule has 0 aliphatic carbocycles. The van der Waals surface area contributed by atoms with E-state index < -0.39 is 15.9 Å². The molecule has 0 bridgehead atoms. The summed E-state index contributed by atoms with van der Waals surface area (Å²) in [6.07, 6.45) is 1.75. The van der Waals surface area contributed by atoms with Crippen LogP contribution in [0.4, 0.5) is 0 Å². The van der Waals surface area contributed by atoms with Crippen LogP contribution < -0.4 is 5.32 Å². The lowest BCUT2D eigenvalue weighted by atomic mass is 10.2. The number of carbonyl (C=O) groups is 2. The Hall–Kier alpha value is -1.93. The van der Waals surface area contributed by atoms with E-state index >= 15 is 0 Å². The molecular weight excluding hydrogens is 342 g/mol. The van der Waals surface area contributed by atoms with E-state index in [9.17, 15) is 18.0 Å². The van der Waals surface area contributed by atoms with E-state index in [1.807, 2.05) is 13.8 Å². The summed E-state index contributed by atoms with van der Waals surface area (Å²) in [5.41, 5.74) is 0.327. The summed E-state index contributed by atoms with van der Waals surface area (Å²) in [6.45, 7) is 5.94. The monoisotopic (exact) mass is 367 g/mol. The van der Waals surface area contributed by atoms with Crippen molar-refractivity contribution in [3.8, 4) is 0 Å². The number of likely N-dealkylation sites (N-methyl/N-ethyl adjacent to an activating group) is 1. The molecule has 0 unspecified atom stereocenters. The van der Waals surface area contributed by atoms with Crippen molar-refractivity contribution in [2.45, 2.75) is 31.6 Å². The topological polar surface area (TPSA) is 86.8 Å². The summed E-state index contributed by atoms with van der Waals surface area (Å²) in [7, 11) is -3.48. The summed E-state index contributed by atoms with van der Waals surface area (Å²) >= 11 is 0. The molecule has 0 radical (unpaired) electrons. The fourth-order valence-corrected chi connectivity index (χ4v) is 4.32. The third-order valence-electron chi connectivity index (χ3n) is 4.34. The molecule has 2 amide bonds. The SMILES string of the molecule is CCN(CC)C(=O)CNC(=O)c1ccc(S(=O)(=O)N2CCCC2)cc1. The van der Waals surface area contributed by atoms with Gasteiger partial charge in [0.2, 0.25) is 15.9 Å². The van der Waals surface area contributed by atoms with Crippen molar-refractivity contribution in [3.63, 3.8) is 0 Å². The number of amides is 2. The van der Waals surface area contributed by atoms with Crippen LogP contribution in [-0.4, -0.2) is 62.2 Å². The van der Waals surface area contributed by atoms with Gasteiger partial charge in [-0.2, -0.15) is 4.31 Å². The maximum Gasteiger partial charge on any atom is 0.251 e. The summed E-state index contributed by atoms with van der Waals surface area (Å²) in [6, 6.07) is 5.82. The molecule has 0 spiro atoms. The van der Waals surface area contributed by atoms with Gasteiger partial charge in [0, 0.05) is 31.7 Å². The molecular formula is C17H25N3O4S. The first-order chi connectivity index (χ1) is 11.9. The number of sulfonamides is 1. The first kappa shape index (κ1) is 19.4. The molecule has 1 aliphatic heterocycles. The summed E-state index contributed by atoms with van der Waals surface area (Å²) in [5.74, 6) is -0.544. The average molecular weight is 367 g/mol. The third kappa shape index (κ3) is 4.58. The predicted molar refractivity (Wildman–Crippen MR) is 94.7 cm³/mol. The number of carbonyl (C=O) groups excluding carboxylic acids is 2. The van der Waals surface area contributed by atoms with Gasteiger partial charge >= 0.3 is 0 Å². The average Bonchev–Trinajstić information content (AvgIpc) is 3.16. The van der Waals surface area contributed by atoms with Crippen LogP contribution in [0.25, 0.3) is 0 Å². The highest BCUT2D eigenvalue weighted by atomic mass is 32.2. The molecule has 1 aromatic carbocycles. The maximum absolute atomic E-state index is 12.4. The zero-order valence-electron chi connectivity index (χ0n) is 14.7. The van der Waals surface area contributed by atoms with Crippen LogP contribution in [0.1, 0.15) is 37.0 Å². The van der Waals surface area contributed by atoms with Gasteiger partial charge in [0.05, 0.1) is 11.4 Å². The maximum atomic E-state index is 12.4. The second kappa shape index (κ2) is 8.44. The normalized spacial score (nSPS) is 15.1. The Kier molecular flexibility index (Phi) is 6.55. The number of hydrogen-bond donors (Lipinski definition) is 1. The van der Waals surface area contributed by atoms with Crippen molar-refractivity contribution < 1.29 is 18.0 Å². The van der Waals surface area contributed by atoms with Gasteiger partial charge < -0.3 is 10.2 Å². The van der Waals surface area contributed by atoms with E-state index in [4.69, 9.17) is 0 Å². The Labute approximate surface area is 149 Å². The van der Waals surface area contributed by atoms with Crippen molar-refractivity contribution in [1.82, 2.24) is 14.5 Å². The standard InChI is InChI=1S/C17H25N3O4S/c1-3-19(4-2)16(21)13-18-17(22)14-7-9-15(10-8-14)25(23,24)20-11-5-6-12-20/h7-10H,3-6,11-13H2,1-2H3,(H,18,22). The molecule has 1 N–H and O–H groups in total. The van der Waals surface area contributed by atoms with Crippen molar-refractivity contribution in [3.05, 3.63) is 29.8 Å². The summed E-state index contributed by atoms with van der Waals surface area (Å²) in [4.78, 5) is 25.8. The second-order valence-corrected chi connectivity index (χ2v) is 7.82. The molecule has 0 saturated carbocycles. The fourth-order valence-electron chi connectivity index (χ4n) is 2.80. The molecule has 1 fully saturated rings. The Bertz CT molecular complexity index is 706. The first-order valence-electron chi connectivity index (χ1n) is 8.56. The molecule has 25 heavy (non-hydrogen) atoms. The van der Waals surface area contributed by atoms with Crippen molar-refractivity contribution >= 4 is 21.8 Å². The van der Waals surface area contributed by atoms with Crippen LogP contribution in [-0.2, 0) is 14.8 Å². The lowest BCUT2D eigenvalue weighted by Crippen LogP contribution is -2.40. The van der Waals surface area contributed by atoms with Gasteiger partial charge in [0.25, 0.3) is 5.91 Å². The van der Waals surface area contributed by atoms with Crippen LogP contribution in [0.2, 0.25) is 0 Å². The first-order valence-corrected chi connectivity index (χ1v) is 10.00. The number of hydrogen-bond acceptors (Lipinski definition) is 4. The minimum absolute atomic E-state index is 0.0751. The van der Waals surface area contributed by atoms with Gasteiger partial charge in [-0.1, -0.05) is 0 Å². The van der Waals surface area contributed by atoms with E-state index in [2.05, 4.69) is 5.32 Å². The lowest BCUT2D eigenvalue weighted by Gasteiger charge is -2.18. The van der Waals surface area contributed by atoms with Gasteiger partial charge in [0.15, 0.2) is 0 Å². The largest absolute Gasteiger partial charge is 0.343 e. The smallest absolute Gasteiger partial charge is 0.251 e. The predicted octanol–water partition coefficient (Wildman–Crippen LogP) is 1.07. The highest BCUT2D eigenvalue weighted by Gasteiger charge is 2.27. The fraction of sp³-hybridized carbons (Fsp3) is 0.529. The molecule has 1 saturated heterocycles. The van der Waals surface area contributed by atoms with Gasteiger partial charge in [0.1, 0.15) is 0 Å². The van der Waals surface area contributed by atoms with Gasteiger partial charge in [-0.25, -0.2) is 8.42 Å². The number of rotatable bonds is 7. The highest BCUT2D eigenvalue weighted by Crippen LogP contribution is 2.21. The van der Waals surface area contributed by atoms with Crippen molar-refractivity contribution in [1.29, 1.82) is 0 Å². The number of nitrogens with zero attached hydrogens (tertiary/aromatic N) is 2. The van der Waals surface area contributed by atoms with Crippen LogP contribution >= 0.6 is 0 Å². The van der Waals surface area contributed by atoms with E-state index in [0.29, 0.717) is 31.7 Å². The Morgan fingerprint density at radius 3 is 2.16 bits per heavy atom.